The van der Waals surface area contributed by atoms with Crippen molar-refractivity contribution in [2.45, 2.75) is 13.8 Å². The molecule has 1 aromatic heterocycles. The topological polar surface area (TPSA) is 26.3 Å². The van der Waals surface area contributed by atoms with Crippen LogP contribution in [0.3, 0.4) is 0 Å². The van der Waals surface area contributed by atoms with Crippen molar-refractivity contribution in [3.8, 4) is 5.75 Å². The minimum absolute atomic E-state index is 0.000697. The SMILES string of the molecule is COc1ccc(C(=O)c2cc(C)c(C)s2)cc1Cl. The van der Waals surface area contributed by atoms with Gasteiger partial charge in [0.05, 0.1) is 17.0 Å². The number of hydrogen-bond acceptors (Lipinski definition) is 3. The Balaban J connectivity index is 2.37. The standard InChI is InChI=1S/C14H13ClO2S/c1-8-6-13(18-9(8)2)14(16)10-4-5-12(17-3)11(15)7-10/h4-7H,1-3H3. The fraction of sp³-hybridized carbons (Fsp3) is 0.214. The minimum atomic E-state index is 0.000697. The lowest BCUT2D eigenvalue weighted by molar-refractivity contribution is 0.104. The first-order chi connectivity index (χ1) is 8.52. The zero-order chi connectivity index (χ0) is 13.3. The van der Waals surface area contributed by atoms with Crippen LogP contribution in [0.2, 0.25) is 5.02 Å². The van der Waals surface area contributed by atoms with Crippen LogP contribution in [0.15, 0.2) is 24.3 Å². The maximum atomic E-state index is 12.3. The highest BCUT2D eigenvalue weighted by atomic mass is 35.5. The van der Waals surface area contributed by atoms with E-state index >= 15 is 0 Å². The Morgan fingerprint density at radius 3 is 2.50 bits per heavy atom. The summed E-state index contributed by atoms with van der Waals surface area (Å²) in [5.74, 6) is 0.576. The number of thiophene rings is 1. The van der Waals surface area contributed by atoms with Gasteiger partial charge in [-0.1, -0.05) is 11.6 Å². The van der Waals surface area contributed by atoms with Crippen molar-refractivity contribution in [3.63, 3.8) is 0 Å². The molecule has 0 N–H and O–H groups in total. The highest BCUT2D eigenvalue weighted by molar-refractivity contribution is 7.14. The molecule has 0 saturated heterocycles. The average Bonchev–Trinajstić information content (AvgIpc) is 2.68. The van der Waals surface area contributed by atoms with E-state index in [2.05, 4.69) is 0 Å². The van der Waals surface area contributed by atoms with E-state index in [1.807, 2.05) is 19.9 Å². The normalized spacial score (nSPS) is 10.4. The lowest BCUT2D eigenvalue weighted by Gasteiger charge is -2.04. The van der Waals surface area contributed by atoms with Crippen molar-refractivity contribution in [1.82, 2.24) is 0 Å². The van der Waals surface area contributed by atoms with E-state index in [0.29, 0.717) is 16.3 Å². The monoisotopic (exact) mass is 280 g/mol. The van der Waals surface area contributed by atoms with Crippen LogP contribution in [-0.2, 0) is 0 Å². The van der Waals surface area contributed by atoms with Gasteiger partial charge in [0.1, 0.15) is 5.75 Å². The predicted molar refractivity (Wildman–Crippen MR) is 75.2 cm³/mol. The molecule has 2 aromatic rings. The Bertz CT molecular complexity index is 582. The first kappa shape index (κ1) is 13.1. The number of ether oxygens (including phenoxy) is 1. The molecule has 0 bridgehead atoms. The third-order valence-corrected chi connectivity index (χ3v) is 4.25. The van der Waals surface area contributed by atoms with Gasteiger partial charge in [-0.25, -0.2) is 0 Å². The Morgan fingerprint density at radius 1 is 1.28 bits per heavy atom. The van der Waals surface area contributed by atoms with Crippen molar-refractivity contribution in [1.29, 1.82) is 0 Å². The summed E-state index contributed by atoms with van der Waals surface area (Å²) in [7, 11) is 1.55. The molecular formula is C14H13ClO2S. The summed E-state index contributed by atoms with van der Waals surface area (Å²) in [6, 6.07) is 7.01. The van der Waals surface area contributed by atoms with Gasteiger partial charge in [-0.2, -0.15) is 0 Å². The quantitative estimate of drug-likeness (QED) is 0.786. The summed E-state index contributed by atoms with van der Waals surface area (Å²) in [4.78, 5) is 14.2. The molecule has 0 unspecified atom stereocenters. The van der Waals surface area contributed by atoms with Crippen molar-refractivity contribution in [2.75, 3.05) is 7.11 Å². The Morgan fingerprint density at radius 2 is 2.00 bits per heavy atom. The van der Waals surface area contributed by atoms with Gasteiger partial charge in [0, 0.05) is 10.4 Å². The fourth-order valence-corrected chi connectivity index (χ4v) is 2.89. The number of methoxy groups -OCH3 is 1. The second-order valence-electron chi connectivity index (χ2n) is 4.03. The molecule has 1 aromatic carbocycles. The van der Waals surface area contributed by atoms with Gasteiger partial charge < -0.3 is 4.74 Å². The lowest BCUT2D eigenvalue weighted by atomic mass is 10.1. The number of carbonyl (C=O) groups excluding carboxylic acids is 1. The molecule has 0 atom stereocenters. The molecule has 0 radical (unpaired) electrons. The third-order valence-electron chi connectivity index (χ3n) is 2.80. The smallest absolute Gasteiger partial charge is 0.203 e. The number of ketones is 1. The zero-order valence-electron chi connectivity index (χ0n) is 10.4. The van der Waals surface area contributed by atoms with Gasteiger partial charge in [-0.15, -0.1) is 11.3 Å². The summed E-state index contributed by atoms with van der Waals surface area (Å²) in [6.45, 7) is 4.02. The second-order valence-corrected chi connectivity index (χ2v) is 5.69. The van der Waals surface area contributed by atoms with E-state index in [1.54, 1.807) is 25.3 Å². The molecule has 2 nitrogen and oxygen atoms in total. The van der Waals surface area contributed by atoms with Crippen LogP contribution in [0, 0.1) is 13.8 Å². The molecule has 0 aliphatic carbocycles. The van der Waals surface area contributed by atoms with Crippen LogP contribution in [0.25, 0.3) is 0 Å². The number of hydrogen-bond donors (Lipinski definition) is 0. The third kappa shape index (κ3) is 2.42. The highest BCUT2D eigenvalue weighted by Crippen LogP contribution is 2.28. The molecule has 18 heavy (non-hydrogen) atoms. The highest BCUT2D eigenvalue weighted by Gasteiger charge is 2.14. The summed E-state index contributed by atoms with van der Waals surface area (Å²) in [6.07, 6.45) is 0. The molecule has 0 amide bonds. The lowest BCUT2D eigenvalue weighted by Crippen LogP contribution is -1.98. The molecule has 0 aliphatic rings. The van der Waals surface area contributed by atoms with E-state index in [1.165, 1.54) is 11.3 Å². The van der Waals surface area contributed by atoms with E-state index in [9.17, 15) is 4.79 Å². The molecular weight excluding hydrogens is 268 g/mol. The van der Waals surface area contributed by atoms with E-state index in [-0.39, 0.29) is 5.78 Å². The minimum Gasteiger partial charge on any atom is -0.495 e. The summed E-state index contributed by atoms with van der Waals surface area (Å²) in [5.41, 5.74) is 1.73. The van der Waals surface area contributed by atoms with E-state index in [4.69, 9.17) is 16.3 Å². The van der Waals surface area contributed by atoms with E-state index in [0.717, 1.165) is 15.3 Å². The molecule has 2 rings (SSSR count). The van der Waals surface area contributed by atoms with Crippen LogP contribution >= 0.6 is 22.9 Å². The van der Waals surface area contributed by atoms with Crippen LogP contribution in [-0.4, -0.2) is 12.9 Å². The van der Waals surface area contributed by atoms with Gasteiger partial charge in [0.25, 0.3) is 0 Å². The molecule has 0 spiro atoms. The Hall–Kier alpha value is -1.32. The second kappa shape index (κ2) is 5.12. The van der Waals surface area contributed by atoms with Crippen LogP contribution in [0.5, 0.6) is 5.75 Å². The summed E-state index contributed by atoms with van der Waals surface area (Å²) in [5, 5.41) is 0.452. The number of aryl methyl sites for hydroxylation is 2. The number of rotatable bonds is 3. The maximum absolute atomic E-state index is 12.3. The van der Waals surface area contributed by atoms with Crippen LogP contribution < -0.4 is 4.74 Å². The van der Waals surface area contributed by atoms with Crippen LogP contribution in [0.4, 0.5) is 0 Å². The summed E-state index contributed by atoms with van der Waals surface area (Å²) >= 11 is 7.53. The summed E-state index contributed by atoms with van der Waals surface area (Å²) < 4.78 is 5.07. The van der Waals surface area contributed by atoms with Gasteiger partial charge in [-0.05, 0) is 43.7 Å². The average molecular weight is 281 g/mol. The van der Waals surface area contributed by atoms with Gasteiger partial charge in [0.2, 0.25) is 5.78 Å². The Kier molecular flexibility index (Phi) is 3.73. The maximum Gasteiger partial charge on any atom is 0.203 e. The van der Waals surface area contributed by atoms with E-state index < -0.39 is 0 Å². The van der Waals surface area contributed by atoms with Gasteiger partial charge >= 0.3 is 0 Å². The molecule has 0 aliphatic heterocycles. The van der Waals surface area contributed by atoms with Crippen molar-refractivity contribution in [3.05, 3.63) is 50.2 Å². The fourth-order valence-electron chi connectivity index (χ4n) is 1.63. The molecule has 94 valence electrons. The zero-order valence-corrected chi connectivity index (χ0v) is 12.0. The number of halogens is 1. The van der Waals surface area contributed by atoms with Gasteiger partial charge in [0.15, 0.2) is 0 Å². The van der Waals surface area contributed by atoms with Crippen molar-refractivity contribution < 1.29 is 9.53 Å². The Labute approximate surface area is 115 Å². The molecule has 1 heterocycles. The molecule has 0 saturated carbocycles. The first-order valence-electron chi connectivity index (χ1n) is 5.48. The van der Waals surface area contributed by atoms with Crippen LogP contribution in [0.1, 0.15) is 25.7 Å². The van der Waals surface area contributed by atoms with Crippen molar-refractivity contribution in [2.24, 2.45) is 0 Å². The first-order valence-corrected chi connectivity index (χ1v) is 6.67. The number of carbonyl (C=O) groups is 1. The largest absolute Gasteiger partial charge is 0.495 e. The molecule has 4 heteroatoms. The van der Waals surface area contributed by atoms with Gasteiger partial charge in [-0.3, -0.25) is 4.79 Å². The predicted octanol–water partition coefficient (Wildman–Crippen LogP) is 4.26. The molecule has 0 fully saturated rings. The van der Waals surface area contributed by atoms with Crippen molar-refractivity contribution >= 4 is 28.7 Å². The number of benzene rings is 1.